The number of carbonyl (C=O) groups is 3. The Morgan fingerprint density at radius 3 is 2.83 bits per heavy atom. The van der Waals surface area contributed by atoms with Crippen molar-refractivity contribution in [1.29, 1.82) is 0 Å². The van der Waals surface area contributed by atoms with E-state index in [-0.39, 0.29) is 42.4 Å². The third-order valence-electron chi connectivity index (χ3n) is 6.03. The predicted octanol–water partition coefficient (Wildman–Crippen LogP) is 0.458. The molecule has 3 N–H and O–H groups in total. The van der Waals surface area contributed by atoms with Crippen molar-refractivity contribution in [2.45, 2.75) is 44.7 Å². The Kier molecular flexibility index (Phi) is 4.57. The van der Waals surface area contributed by atoms with E-state index >= 15 is 0 Å². The van der Waals surface area contributed by atoms with Gasteiger partial charge < -0.3 is 10.2 Å². The molecule has 0 saturated heterocycles. The van der Waals surface area contributed by atoms with Gasteiger partial charge in [0.05, 0.1) is 12.5 Å². The highest BCUT2D eigenvalue weighted by Crippen LogP contribution is 2.28. The number of rotatable bonds is 4. The normalized spacial score (nSPS) is 19.7. The van der Waals surface area contributed by atoms with Crippen molar-refractivity contribution in [3.8, 4) is 0 Å². The molecule has 0 saturated carbocycles. The maximum atomic E-state index is 13.4. The lowest BCUT2D eigenvalue weighted by Crippen LogP contribution is -2.51. The first kappa shape index (κ1) is 18.5. The second-order valence-electron chi connectivity index (χ2n) is 7.92. The first-order valence-corrected chi connectivity index (χ1v) is 10.2. The fraction of sp³-hybridized carbons (Fsp3) is 0.381. The number of H-pyrrole nitrogens is 1. The number of aromatic amines is 1. The summed E-state index contributed by atoms with van der Waals surface area (Å²) in [5.74, 6) is -0.797. The van der Waals surface area contributed by atoms with Crippen LogP contribution in [0.3, 0.4) is 0 Å². The molecule has 5 rings (SSSR count). The number of aryl methyl sites for hydroxylation is 1. The molecule has 3 heterocycles. The molecule has 0 spiro atoms. The average molecular weight is 406 g/mol. The predicted molar refractivity (Wildman–Crippen MR) is 108 cm³/mol. The Balaban J connectivity index is 1.37. The van der Waals surface area contributed by atoms with Gasteiger partial charge in [0.15, 0.2) is 5.69 Å². The monoisotopic (exact) mass is 406 g/mol. The van der Waals surface area contributed by atoms with Gasteiger partial charge in [0.2, 0.25) is 5.91 Å². The van der Waals surface area contributed by atoms with Crippen molar-refractivity contribution in [2.24, 2.45) is 5.10 Å². The summed E-state index contributed by atoms with van der Waals surface area (Å²) in [5.41, 5.74) is 7.29. The maximum absolute atomic E-state index is 13.4. The van der Waals surface area contributed by atoms with Crippen LogP contribution < -0.4 is 10.7 Å². The molecule has 1 aliphatic carbocycles. The van der Waals surface area contributed by atoms with E-state index in [2.05, 4.69) is 32.1 Å². The molecule has 1 unspecified atom stereocenters. The van der Waals surface area contributed by atoms with Crippen LogP contribution in [0, 0.1) is 0 Å². The van der Waals surface area contributed by atoms with E-state index < -0.39 is 0 Å². The fourth-order valence-electron chi connectivity index (χ4n) is 4.44. The standard InChI is InChI=1S/C21H22N6O3/c28-18-9-17(24-25-18)20(29)22-10-14-8-12-4-1-2-5-13(12)11-27(14)21(30)19-15-6-3-7-16(15)23-26-19/h1-2,4-5,14H,3,6-11H2,(H,22,29)(H,23,26)(H,25,28). The van der Waals surface area contributed by atoms with E-state index in [1.807, 2.05) is 18.2 Å². The van der Waals surface area contributed by atoms with Crippen molar-refractivity contribution in [2.75, 3.05) is 6.54 Å². The van der Waals surface area contributed by atoms with E-state index in [4.69, 9.17) is 0 Å². The molecular weight excluding hydrogens is 384 g/mol. The summed E-state index contributed by atoms with van der Waals surface area (Å²) in [6.45, 7) is 0.747. The van der Waals surface area contributed by atoms with Gasteiger partial charge >= 0.3 is 0 Å². The third-order valence-corrected chi connectivity index (χ3v) is 6.03. The van der Waals surface area contributed by atoms with Crippen molar-refractivity contribution in [1.82, 2.24) is 25.8 Å². The quantitative estimate of drug-likeness (QED) is 0.683. The maximum Gasteiger partial charge on any atom is 0.275 e. The van der Waals surface area contributed by atoms with Crippen LogP contribution >= 0.6 is 0 Å². The molecular formula is C21H22N6O3. The van der Waals surface area contributed by atoms with Crippen LogP contribution in [0.4, 0.5) is 0 Å². The van der Waals surface area contributed by atoms with Gasteiger partial charge in [0, 0.05) is 24.3 Å². The van der Waals surface area contributed by atoms with E-state index in [9.17, 15) is 14.4 Å². The molecule has 1 aromatic heterocycles. The lowest BCUT2D eigenvalue weighted by atomic mass is 9.93. The van der Waals surface area contributed by atoms with E-state index in [0.717, 1.165) is 36.1 Å². The Morgan fingerprint density at radius 1 is 1.20 bits per heavy atom. The van der Waals surface area contributed by atoms with Gasteiger partial charge in [-0.15, -0.1) is 0 Å². The van der Waals surface area contributed by atoms with Crippen LogP contribution in [0.15, 0.2) is 29.4 Å². The molecule has 9 heteroatoms. The minimum atomic E-state index is -0.389. The zero-order chi connectivity index (χ0) is 20.7. The highest BCUT2D eigenvalue weighted by molar-refractivity contribution is 6.43. The zero-order valence-electron chi connectivity index (χ0n) is 16.4. The SMILES string of the molecule is O=C1CC(C(=O)NCC2Cc3ccccc3CN2C(=O)c2n[nH]c3c2CCC3)=NN1. The van der Waals surface area contributed by atoms with Crippen LogP contribution in [-0.2, 0) is 35.4 Å². The Morgan fingerprint density at radius 2 is 2.03 bits per heavy atom. The summed E-state index contributed by atoms with van der Waals surface area (Å²) in [6, 6.07) is 7.83. The van der Waals surface area contributed by atoms with Crippen molar-refractivity contribution in [3.05, 3.63) is 52.3 Å². The van der Waals surface area contributed by atoms with Gasteiger partial charge in [-0.3, -0.25) is 19.5 Å². The molecule has 154 valence electrons. The Labute approximate surface area is 172 Å². The van der Waals surface area contributed by atoms with E-state index in [1.54, 1.807) is 4.90 Å². The molecule has 1 aromatic carbocycles. The Bertz CT molecular complexity index is 1070. The van der Waals surface area contributed by atoms with Gasteiger partial charge in [0.25, 0.3) is 11.8 Å². The van der Waals surface area contributed by atoms with Gasteiger partial charge in [-0.25, -0.2) is 5.43 Å². The summed E-state index contributed by atoms with van der Waals surface area (Å²) < 4.78 is 0. The number of carbonyl (C=O) groups excluding carboxylic acids is 3. The molecule has 0 radical (unpaired) electrons. The number of benzene rings is 1. The number of nitrogens with zero attached hydrogens (tertiary/aromatic N) is 3. The molecule has 2 aromatic rings. The minimum Gasteiger partial charge on any atom is -0.349 e. The number of hydrogen-bond donors (Lipinski definition) is 3. The molecule has 0 bridgehead atoms. The van der Waals surface area contributed by atoms with Crippen molar-refractivity contribution < 1.29 is 14.4 Å². The summed E-state index contributed by atoms with van der Waals surface area (Å²) in [4.78, 5) is 38.9. The summed E-state index contributed by atoms with van der Waals surface area (Å²) in [5, 5.41) is 13.9. The van der Waals surface area contributed by atoms with Crippen LogP contribution in [0.25, 0.3) is 0 Å². The molecule has 3 aliphatic rings. The second kappa shape index (κ2) is 7.40. The summed E-state index contributed by atoms with van der Waals surface area (Å²) >= 11 is 0. The van der Waals surface area contributed by atoms with Gasteiger partial charge in [-0.2, -0.15) is 10.2 Å². The summed E-state index contributed by atoms with van der Waals surface area (Å²) in [7, 11) is 0. The number of fused-ring (bicyclic) bond motifs is 2. The molecule has 1 atom stereocenters. The van der Waals surface area contributed by atoms with Crippen LogP contribution in [0.2, 0.25) is 0 Å². The Hall–Kier alpha value is -3.49. The second-order valence-corrected chi connectivity index (χ2v) is 7.92. The van der Waals surface area contributed by atoms with Crippen molar-refractivity contribution in [3.63, 3.8) is 0 Å². The van der Waals surface area contributed by atoms with Crippen LogP contribution in [0.5, 0.6) is 0 Å². The first-order chi connectivity index (χ1) is 14.6. The largest absolute Gasteiger partial charge is 0.349 e. The molecule has 30 heavy (non-hydrogen) atoms. The average Bonchev–Trinajstić information content (AvgIpc) is 3.48. The zero-order valence-corrected chi connectivity index (χ0v) is 16.4. The third kappa shape index (κ3) is 3.26. The molecule has 2 aliphatic heterocycles. The first-order valence-electron chi connectivity index (χ1n) is 10.2. The molecule has 3 amide bonds. The minimum absolute atomic E-state index is 0.0264. The lowest BCUT2D eigenvalue weighted by molar-refractivity contribution is -0.120. The lowest BCUT2D eigenvalue weighted by Gasteiger charge is -2.37. The van der Waals surface area contributed by atoms with E-state index in [0.29, 0.717) is 18.7 Å². The van der Waals surface area contributed by atoms with Crippen LogP contribution in [0.1, 0.15) is 45.7 Å². The van der Waals surface area contributed by atoms with Gasteiger partial charge in [0.1, 0.15) is 5.71 Å². The van der Waals surface area contributed by atoms with Gasteiger partial charge in [-0.1, -0.05) is 24.3 Å². The summed E-state index contributed by atoms with van der Waals surface area (Å²) in [6.07, 6.45) is 3.42. The molecule has 9 nitrogen and oxygen atoms in total. The highest BCUT2D eigenvalue weighted by Gasteiger charge is 2.34. The number of hydrazone groups is 1. The highest BCUT2D eigenvalue weighted by atomic mass is 16.2. The number of hydrogen-bond acceptors (Lipinski definition) is 5. The van der Waals surface area contributed by atoms with Crippen LogP contribution in [-0.4, -0.2) is 51.1 Å². The number of amides is 3. The fourth-order valence-corrected chi connectivity index (χ4v) is 4.44. The molecule has 0 fully saturated rings. The number of aromatic nitrogens is 2. The number of nitrogens with one attached hydrogen (secondary N) is 3. The van der Waals surface area contributed by atoms with Crippen molar-refractivity contribution >= 4 is 23.4 Å². The smallest absolute Gasteiger partial charge is 0.275 e. The van der Waals surface area contributed by atoms with Gasteiger partial charge in [-0.05, 0) is 36.8 Å². The van der Waals surface area contributed by atoms with E-state index in [1.165, 1.54) is 5.56 Å². The topological polar surface area (TPSA) is 120 Å².